The molecule has 2 aromatic carbocycles. The van der Waals surface area contributed by atoms with Crippen molar-refractivity contribution >= 4 is 17.5 Å². The zero-order chi connectivity index (χ0) is 20.1. The quantitative estimate of drug-likeness (QED) is 0.685. The van der Waals surface area contributed by atoms with E-state index in [0.717, 1.165) is 42.6 Å². The number of benzene rings is 2. The van der Waals surface area contributed by atoms with E-state index >= 15 is 0 Å². The summed E-state index contributed by atoms with van der Waals surface area (Å²) in [6.45, 7) is 5.49. The van der Waals surface area contributed by atoms with Crippen molar-refractivity contribution in [3.63, 3.8) is 0 Å². The molecule has 3 rings (SSSR count). The lowest BCUT2D eigenvalue weighted by Gasteiger charge is -2.24. The minimum Gasteiger partial charge on any atom is -0.345 e. The third-order valence-corrected chi connectivity index (χ3v) is 5.20. The molecule has 0 unspecified atom stereocenters. The molecule has 1 aliphatic rings. The fraction of sp³-hybridized carbons (Fsp3) is 0.417. The van der Waals surface area contributed by atoms with Gasteiger partial charge in [-0.25, -0.2) is 0 Å². The second-order valence-corrected chi connectivity index (χ2v) is 7.85. The Hall–Kier alpha value is -2.62. The zero-order valence-electron chi connectivity index (χ0n) is 17.1. The summed E-state index contributed by atoms with van der Waals surface area (Å²) in [5, 5.41) is 0. The molecule has 1 saturated carbocycles. The predicted octanol–water partition coefficient (Wildman–Crippen LogP) is 4.35. The van der Waals surface area contributed by atoms with Crippen LogP contribution < -0.4 is 4.90 Å². The highest BCUT2D eigenvalue weighted by atomic mass is 16.2. The van der Waals surface area contributed by atoms with Crippen LogP contribution in [0, 0.1) is 12.8 Å². The van der Waals surface area contributed by atoms with Crippen LogP contribution in [0.3, 0.4) is 0 Å². The Morgan fingerprint density at radius 3 is 2.36 bits per heavy atom. The molecular weight excluding hydrogens is 348 g/mol. The molecule has 0 bridgehead atoms. The number of aryl methyl sites for hydroxylation is 1. The first-order chi connectivity index (χ1) is 13.5. The van der Waals surface area contributed by atoms with Gasteiger partial charge in [-0.05, 0) is 49.4 Å². The molecule has 0 radical (unpaired) electrons. The molecule has 0 spiro atoms. The van der Waals surface area contributed by atoms with Gasteiger partial charge in [0.05, 0.1) is 13.0 Å². The number of nitrogens with zero attached hydrogens (tertiary/aromatic N) is 2. The lowest BCUT2D eigenvalue weighted by atomic mass is 10.1. The van der Waals surface area contributed by atoms with E-state index in [1.165, 1.54) is 5.56 Å². The largest absolute Gasteiger partial charge is 0.345 e. The van der Waals surface area contributed by atoms with Gasteiger partial charge in [0, 0.05) is 25.2 Å². The Balaban J connectivity index is 1.75. The minimum atomic E-state index is 0.125. The van der Waals surface area contributed by atoms with E-state index in [-0.39, 0.29) is 17.7 Å². The lowest BCUT2D eigenvalue weighted by molar-refractivity contribution is -0.129. The summed E-state index contributed by atoms with van der Waals surface area (Å²) in [4.78, 5) is 28.8. The second kappa shape index (κ2) is 9.05. The van der Waals surface area contributed by atoms with Crippen molar-refractivity contribution in [2.75, 3.05) is 18.5 Å². The normalized spacial score (nSPS) is 13.2. The van der Waals surface area contributed by atoms with Crippen molar-refractivity contribution in [3.05, 3.63) is 65.2 Å². The third-order valence-electron chi connectivity index (χ3n) is 5.20. The maximum atomic E-state index is 12.9. The average molecular weight is 379 g/mol. The topological polar surface area (TPSA) is 40.6 Å². The van der Waals surface area contributed by atoms with Gasteiger partial charge in [-0.1, -0.05) is 48.9 Å². The molecule has 1 fully saturated rings. The molecule has 28 heavy (non-hydrogen) atoms. The number of hydrogen-bond donors (Lipinski definition) is 0. The summed E-state index contributed by atoms with van der Waals surface area (Å²) in [6.07, 6.45) is 3.32. The molecule has 4 heteroatoms. The number of amides is 2. The summed E-state index contributed by atoms with van der Waals surface area (Å²) in [6, 6.07) is 16.2. The van der Waals surface area contributed by atoms with Crippen LogP contribution in [-0.2, 0) is 22.6 Å². The second-order valence-electron chi connectivity index (χ2n) is 7.85. The standard InChI is InChI=1S/C24H30N2O2/c1-4-14-25(3)23(27)16-19-8-12-22(13-9-19)26(24(28)21-10-11-21)17-20-7-5-6-18(2)15-20/h5-9,12-13,15,21H,4,10-11,14,16-17H2,1-3H3. The first kappa shape index (κ1) is 20.1. The number of hydrogen-bond acceptors (Lipinski definition) is 2. The van der Waals surface area contributed by atoms with Crippen molar-refractivity contribution in [2.24, 2.45) is 5.92 Å². The van der Waals surface area contributed by atoms with E-state index in [0.29, 0.717) is 13.0 Å². The number of anilines is 1. The number of likely N-dealkylation sites (N-methyl/N-ethyl adjacent to an activating group) is 1. The molecule has 148 valence electrons. The van der Waals surface area contributed by atoms with Crippen LogP contribution in [0.15, 0.2) is 48.5 Å². The molecule has 0 aliphatic heterocycles. The molecule has 2 amide bonds. The van der Waals surface area contributed by atoms with Crippen molar-refractivity contribution < 1.29 is 9.59 Å². The predicted molar refractivity (Wildman–Crippen MR) is 113 cm³/mol. The summed E-state index contributed by atoms with van der Waals surface area (Å²) in [5.74, 6) is 0.488. The van der Waals surface area contributed by atoms with E-state index in [1.807, 2.05) is 42.3 Å². The Labute approximate surface area is 168 Å². The van der Waals surface area contributed by atoms with Gasteiger partial charge in [-0.3, -0.25) is 9.59 Å². The summed E-state index contributed by atoms with van der Waals surface area (Å²) in [5.41, 5.74) is 4.21. The number of carbonyl (C=O) groups is 2. The fourth-order valence-corrected chi connectivity index (χ4v) is 3.40. The Morgan fingerprint density at radius 1 is 1.04 bits per heavy atom. The van der Waals surface area contributed by atoms with Crippen LogP contribution in [0.2, 0.25) is 0 Å². The van der Waals surface area contributed by atoms with E-state index in [4.69, 9.17) is 0 Å². The van der Waals surface area contributed by atoms with Crippen LogP contribution in [0.25, 0.3) is 0 Å². The maximum absolute atomic E-state index is 12.9. The number of carbonyl (C=O) groups excluding carboxylic acids is 2. The van der Waals surface area contributed by atoms with Gasteiger partial charge < -0.3 is 9.80 Å². The van der Waals surface area contributed by atoms with Crippen LogP contribution in [0.5, 0.6) is 0 Å². The molecule has 4 nitrogen and oxygen atoms in total. The molecule has 0 aromatic heterocycles. The fourth-order valence-electron chi connectivity index (χ4n) is 3.40. The van der Waals surface area contributed by atoms with Crippen LogP contribution in [0.4, 0.5) is 5.69 Å². The SMILES string of the molecule is CCCN(C)C(=O)Cc1ccc(N(Cc2cccc(C)c2)C(=O)C2CC2)cc1. The highest BCUT2D eigenvalue weighted by Crippen LogP contribution is 2.33. The first-order valence-electron chi connectivity index (χ1n) is 10.2. The van der Waals surface area contributed by atoms with Crippen LogP contribution in [-0.4, -0.2) is 30.3 Å². The van der Waals surface area contributed by atoms with E-state index in [1.54, 1.807) is 4.90 Å². The van der Waals surface area contributed by atoms with Crippen molar-refractivity contribution in [1.29, 1.82) is 0 Å². The van der Waals surface area contributed by atoms with E-state index in [9.17, 15) is 9.59 Å². The highest BCUT2D eigenvalue weighted by Gasteiger charge is 2.34. The first-order valence-corrected chi connectivity index (χ1v) is 10.2. The summed E-state index contributed by atoms with van der Waals surface area (Å²) >= 11 is 0. The molecule has 0 saturated heterocycles. The van der Waals surface area contributed by atoms with Crippen LogP contribution in [0.1, 0.15) is 42.9 Å². The minimum absolute atomic E-state index is 0.125. The molecule has 0 atom stereocenters. The zero-order valence-corrected chi connectivity index (χ0v) is 17.1. The third kappa shape index (κ3) is 5.22. The molecule has 0 heterocycles. The smallest absolute Gasteiger partial charge is 0.230 e. The lowest BCUT2D eigenvalue weighted by Crippen LogP contribution is -2.31. The van der Waals surface area contributed by atoms with Crippen molar-refractivity contribution in [2.45, 2.75) is 46.1 Å². The maximum Gasteiger partial charge on any atom is 0.230 e. The van der Waals surface area contributed by atoms with Crippen molar-refractivity contribution in [1.82, 2.24) is 4.90 Å². The van der Waals surface area contributed by atoms with Gasteiger partial charge in [0.1, 0.15) is 0 Å². The van der Waals surface area contributed by atoms with Gasteiger partial charge in [0.2, 0.25) is 11.8 Å². The Kier molecular flexibility index (Phi) is 6.50. The molecule has 2 aromatic rings. The van der Waals surface area contributed by atoms with E-state index < -0.39 is 0 Å². The van der Waals surface area contributed by atoms with Crippen molar-refractivity contribution in [3.8, 4) is 0 Å². The highest BCUT2D eigenvalue weighted by molar-refractivity contribution is 5.96. The van der Waals surface area contributed by atoms with Gasteiger partial charge in [-0.15, -0.1) is 0 Å². The van der Waals surface area contributed by atoms with Gasteiger partial charge in [0.25, 0.3) is 0 Å². The molecule has 0 N–H and O–H groups in total. The summed E-state index contributed by atoms with van der Waals surface area (Å²) in [7, 11) is 1.85. The molecular formula is C24H30N2O2. The Bertz CT molecular complexity index is 825. The van der Waals surface area contributed by atoms with Crippen LogP contribution >= 0.6 is 0 Å². The monoisotopic (exact) mass is 378 g/mol. The molecule has 1 aliphatic carbocycles. The van der Waals surface area contributed by atoms with Gasteiger partial charge in [0.15, 0.2) is 0 Å². The van der Waals surface area contributed by atoms with Gasteiger partial charge in [-0.2, -0.15) is 0 Å². The van der Waals surface area contributed by atoms with E-state index in [2.05, 4.69) is 32.0 Å². The number of rotatable bonds is 8. The van der Waals surface area contributed by atoms with Gasteiger partial charge >= 0.3 is 0 Å². The summed E-state index contributed by atoms with van der Waals surface area (Å²) < 4.78 is 0. The average Bonchev–Trinajstić information content (AvgIpc) is 3.52. The Morgan fingerprint density at radius 2 is 1.75 bits per heavy atom.